The number of benzene rings is 1. The van der Waals surface area contributed by atoms with Gasteiger partial charge in [0.05, 0.1) is 16.4 Å². The van der Waals surface area contributed by atoms with Gasteiger partial charge in [-0.1, -0.05) is 23.7 Å². The van der Waals surface area contributed by atoms with Crippen LogP contribution in [-0.2, 0) is 6.54 Å². The summed E-state index contributed by atoms with van der Waals surface area (Å²) in [7, 11) is 0. The summed E-state index contributed by atoms with van der Waals surface area (Å²) < 4.78 is 1.67. The molecule has 0 unspecified atom stereocenters. The number of nitrogens with one attached hydrogen (secondary N) is 1. The number of amides is 1. The number of carbonyl (C=O) groups excluding carboxylic acids is 1. The average Bonchev–Trinajstić information content (AvgIpc) is 2.73. The van der Waals surface area contributed by atoms with E-state index in [1.807, 2.05) is 26.0 Å². The molecule has 0 aliphatic rings. The number of nitrogens with zero attached hydrogens (tertiary/aromatic N) is 2. The molecule has 2 aromatic rings. The van der Waals surface area contributed by atoms with E-state index in [2.05, 4.69) is 10.4 Å². The monoisotopic (exact) mass is 263 g/mol. The Balaban J connectivity index is 2.25. The molecular formula is C13H14ClN3O. The van der Waals surface area contributed by atoms with Gasteiger partial charge >= 0.3 is 0 Å². The summed E-state index contributed by atoms with van der Waals surface area (Å²) >= 11 is 6.00. The predicted molar refractivity (Wildman–Crippen MR) is 72.0 cm³/mol. The van der Waals surface area contributed by atoms with Crippen LogP contribution in [0.15, 0.2) is 30.3 Å². The molecule has 18 heavy (non-hydrogen) atoms. The molecule has 1 aromatic heterocycles. The second-order valence-corrected chi connectivity index (χ2v) is 4.33. The van der Waals surface area contributed by atoms with E-state index in [0.29, 0.717) is 22.9 Å². The number of aromatic nitrogens is 2. The van der Waals surface area contributed by atoms with E-state index < -0.39 is 0 Å². The summed E-state index contributed by atoms with van der Waals surface area (Å²) in [6, 6.07) is 8.90. The molecule has 0 saturated heterocycles. The number of anilines is 1. The van der Waals surface area contributed by atoms with E-state index in [4.69, 9.17) is 11.6 Å². The number of hydrogen-bond acceptors (Lipinski definition) is 2. The Morgan fingerprint density at radius 2 is 2.17 bits per heavy atom. The lowest BCUT2D eigenvalue weighted by atomic mass is 10.3. The molecule has 0 radical (unpaired) electrons. The maximum absolute atomic E-state index is 12.1. The van der Waals surface area contributed by atoms with Crippen LogP contribution in [0.4, 0.5) is 5.69 Å². The molecule has 2 rings (SSSR count). The van der Waals surface area contributed by atoms with Gasteiger partial charge in [0, 0.05) is 6.54 Å². The fourth-order valence-electron chi connectivity index (χ4n) is 1.72. The quantitative estimate of drug-likeness (QED) is 0.925. The number of para-hydroxylation sites is 1. The molecule has 0 fully saturated rings. The first kappa shape index (κ1) is 12.6. The fraction of sp³-hybridized carbons (Fsp3) is 0.231. The molecule has 94 valence electrons. The van der Waals surface area contributed by atoms with Crippen LogP contribution >= 0.6 is 11.6 Å². The highest BCUT2D eigenvalue weighted by atomic mass is 35.5. The molecule has 0 aliphatic carbocycles. The van der Waals surface area contributed by atoms with Crippen molar-refractivity contribution in [3.8, 4) is 0 Å². The van der Waals surface area contributed by atoms with Crippen molar-refractivity contribution in [2.75, 3.05) is 5.32 Å². The molecular weight excluding hydrogens is 250 g/mol. The number of hydrogen-bond donors (Lipinski definition) is 1. The Labute approximate surface area is 111 Å². The van der Waals surface area contributed by atoms with Crippen LogP contribution in [0, 0.1) is 6.92 Å². The highest BCUT2D eigenvalue weighted by molar-refractivity contribution is 6.33. The van der Waals surface area contributed by atoms with Crippen molar-refractivity contribution in [1.29, 1.82) is 0 Å². The molecule has 5 heteroatoms. The maximum atomic E-state index is 12.1. The number of aryl methyl sites for hydroxylation is 2. The summed E-state index contributed by atoms with van der Waals surface area (Å²) in [5.74, 6) is -0.203. The van der Waals surface area contributed by atoms with E-state index in [-0.39, 0.29) is 5.91 Å². The first-order chi connectivity index (χ1) is 8.61. The Hall–Kier alpha value is -1.81. The van der Waals surface area contributed by atoms with Crippen LogP contribution in [0.5, 0.6) is 0 Å². The van der Waals surface area contributed by atoms with E-state index in [1.165, 1.54) is 0 Å². The molecule has 0 saturated carbocycles. The lowest BCUT2D eigenvalue weighted by molar-refractivity contribution is 0.101. The highest BCUT2D eigenvalue weighted by Crippen LogP contribution is 2.21. The third kappa shape index (κ3) is 2.54. The Bertz CT molecular complexity index is 577. The third-order valence-corrected chi connectivity index (χ3v) is 2.89. The number of rotatable bonds is 3. The summed E-state index contributed by atoms with van der Waals surface area (Å²) in [5.41, 5.74) is 1.96. The predicted octanol–water partition coefficient (Wildman–Crippen LogP) is 3.12. The summed E-state index contributed by atoms with van der Waals surface area (Å²) in [6.45, 7) is 4.45. The van der Waals surface area contributed by atoms with Crippen molar-refractivity contribution in [1.82, 2.24) is 9.78 Å². The summed E-state index contributed by atoms with van der Waals surface area (Å²) in [6.07, 6.45) is 0. The maximum Gasteiger partial charge on any atom is 0.273 e. The van der Waals surface area contributed by atoms with E-state index in [1.54, 1.807) is 22.9 Å². The fourth-order valence-corrected chi connectivity index (χ4v) is 1.90. The van der Waals surface area contributed by atoms with E-state index in [9.17, 15) is 4.79 Å². The number of halogens is 1. The molecule has 1 amide bonds. The van der Waals surface area contributed by atoms with Crippen LogP contribution in [0.1, 0.15) is 23.1 Å². The highest BCUT2D eigenvalue weighted by Gasteiger charge is 2.14. The van der Waals surface area contributed by atoms with Gasteiger partial charge in [-0.3, -0.25) is 9.48 Å². The van der Waals surface area contributed by atoms with Crippen molar-refractivity contribution in [3.63, 3.8) is 0 Å². The van der Waals surface area contributed by atoms with Crippen molar-refractivity contribution < 1.29 is 4.79 Å². The zero-order valence-electron chi connectivity index (χ0n) is 10.3. The SMILES string of the molecule is CCn1nc(C)cc1C(=O)Nc1ccccc1Cl. The lowest BCUT2D eigenvalue weighted by Crippen LogP contribution is -2.17. The topological polar surface area (TPSA) is 46.9 Å². The van der Waals surface area contributed by atoms with E-state index in [0.717, 1.165) is 5.69 Å². The molecule has 4 nitrogen and oxygen atoms in total. The van der Waals surface area contributed by atoms with Crippen LogP contribution in [-0.4, -0.2) is 15.7 Å². The van der Waals surface area contributed by atoms with Gasteiger partial charge in [-0.2, -0.15) is 5.10 Å². The Kier molecular flexibility index (Phi) is 3.67. The van der Waals surface area contributed by atoms with Crippen LogP contribution in [0.25, 0.3) is 0 Å². The second kappa shape index (κ2) is 5.23. The number of carbonyl (C=O) groups is 1. The summed E-state index contributed by atoms with van der Waals surface area (Å²) in [5, 5.41) is 7.54. The van der Waals surface area contributed by atoms with Gasteiger partial charge in [-0.15, -0.1) is 0 Å². The van der Waals surface area contributed by atoms with E-state index >= 15 is 0 Å². The van der Waals surface area contributed by atoms with Gasteiger partial charge in [0.25, 0.3) is 5.91 Å². The minimum Gasteiger partial charge on any atom is -0.319 e. The van der Waals surface area contributed by atoms with Gasteiger partial charge in [-0.25, -0.2) is 0 Å². The van der Waals surface area contributed by atoms with Crippen LogP contribution in [0.2, 0.25) is 5.02 Å². The van der Waals surface area contributed by atoms with Gasteiger partial charge in [0.1, 0.15) is 5.69 Å². The van der Waals surface area contributed by atoms with Crippen molar-refractivity contribution in [2.24, 2.45) is 0 Å². The summed E-state index contributed by atoms with van der Waals surface area (Å²) in [4.78, 5) is 12.1. The van der Waals surface area contributed by atoms with Gasteiger partial charge in [0.2, 0.25) is 0 Å². The van der Waals surface area contributed by atoms with Crippen LogP contribution in [0.3, 0.4) is 0 Å². The molecule has 1 N–H and O–H groups in total. The first-order valence-electron chi connectivity index (χ1n) is 5.72. The normalized spacial score (nSPS) is 10.4. The minimum atomic E-state index is -0.203. The largest absolute Gasteiger partial charge is 0.319 e. The molecule has 0 bridgehead atoms. The lowest BCUT2D eigenvalue weighted by Gasteiger charge is -2.07. The molecule has 0 spiro atoms. The molecule has 1 heterocycles. The average molecular weight is 264 g/mol. The second-order valence-electron chi connectivity index (χ2n) is 3.92. The van der Waals surface area contributed by atoms with Gasteiger partial charge in [0.15, 0.2) is 0 Å². The third-order valence-electron chi connectivity index (χ3n) is 2.56. The Morgan fingerprint density at radius 3 is 2.83 bits per heavy atom. The molecule has 0 aliphatic heterocycles. The van der Waals surface area contributed by atoms with Gasteiger partial charge < -0.3 is 5.32 Å². The molecule has 0 atom stereocenters. The van der Waals surface area contributed by atoms with Crippen molar-refractivity contribution >= 4 is 23.2 Å². The minimum absolute atomic E-state index is 0.203. The standard InChI is InChI=1S/C13H14ClN3O/c1-3-17-12(8-9(2)16-17)13(18)15-11-7-5-4-6-10(11)14/h4-8H,3H2,1-2H3,(H,15,18). The van der Waals surface area contributed by atoms with Gasteiger partial charge in [-0.05, 0) is 32.0 Å². The van der Waals surface area contributed by atoms with Crippen LogP contribution < -0.4 is 5.32 Å². The molecule has 1 aromatic carbocycles. The zero-order chi connectivity index (χ0) is 13.1. The van der Waals surface area contributed by atoms with Crippen molar-refractivity contribution in [3.05, 3.63) is 46.7 Å². The Morgan fingerprint density at radius 1 is 1.44 bits per heavy atom. The zero-order valence-corrected chi connectivity index (χ0v) is 11.0. The van der Waals surface area contributed by atoms with Crippen molar-refractivity contribution in [2.45, 2.75) is 20.4 Å². The smallest absolute Gasteiger partial charge is 0.273 e. The first-order valence-corrected chi connectivity index (χ1v) is 6.10.